The maximum Gasteiger partial charge on any atom is 0.408 e. The van der Waals surface area contributed by atoms with Crippen LogP contribution < -0.4 is 5.32 Å². The maximum atomic E-state index is 12.6. The van der Waals surface area contributed by atoms with Crippen molar-refractivity contribution in [3.63, 3.8) is 0 Å². The van der Waals surface area contributed by atoms with E-state index >= 15 is 0 Å². The molecular weight excluding hydrogens is 422 g/mol. The fourth-order valence-electron chi connectivity index (χ4n) is 3.59. The van der Waals surface area contributed by atoms with Crippen LogP contribution in [0.1, 0.15) is 107 Å². The van der Waals surface area contributed by atoms with E-state index in [1.54, 1.807) is 20.8 Å². The fraction of sp³-hybridized carbons (Fsp3) is 0.923. The Hall–Kier alpha value is -1.34. The summed E-state index contributed by atoms with van der Waals surface area (Å²) >= 11 is 0. The zero-order valence-electron chi connectivity index (χ0n) is 22.4. The van der Waals surface area contributed by atoms with Crippen LogP contribution in [0.5, 0.6) is 0 Å². The molecule has 0 aromatic heterocycles. The van der Waals surface area contributed by atoms with Crippen LogP contribution >= 0.6 is 0 Å². The molecular formula is C26H51NO6. The Morgan fingerprint density at radius 2 is 1.58 bits per heavy atom. The molecule has 0 aliphatic rings. The summed E-state index contributed by atoms with van der Waals surface area (Å²) in [4.78, 5) is 24.9. The average molecular weight is 474 g/mol. The molecule has 33 heavy (non-hydrogen) atoms. The number of esters is 1. The third-order valence-corrected chi connectivity index (χ3v) is 5.41. The number of nitrogens with one attached hydrogen (secondary N) is 1. The second-order valence-electron chi connectivity index (χ2n) is 10.4. The van der Waals surface area contributed by atoms with Crippen LogP contribution in [-0.4, -0.2) is 54.2 Å². The van der Waals surface area contributed by atoms with Gasteiger partial charge in [-0.3, -0.25) is 0 Å². The highest BCUT2D eigenvalue weighted by Gasteiger charge is 2.29. The first-order valence-electron chi connectivity index (χ1n) is 12.9. The minimum atomic E-state index is -0.774. The van der Waals surface area contributed by atoms with Crippen LogP contribution in [0.4, 0.5) is 4.79 Å². The summed E-state index contributed by atoms with van der Waals surface area (Å²) in [7, 11) is 0. The van der Waals surface area contributed by atoms with Gasteiger partial charge in [0.1, 0.15) is 11.6 Å². The molecule has 2 N–H and O–H groups in total. The van der Waals surface area contributed by atoms with Gasteiger partial charge in [0.05, 0.1) is 18.8 Å². The van der Waals surface area contributed by atoms with E-state index < -0.39 is 29.8 Å². The summed E-state index contributed by atoms with van der Waals surface area (Å²) in [5.74, 6) is 0.151. The van der Waals surface area contributed by atoms with Crippen LogP contribution in [-0.2, 0) is 19.0 Å². The molecule has 0 saturated heterocycles. The van der Waals surface area contributed by atoms with Crippen LogP contribution in [0.15, 0.2) is 0 Å². The van der Waals surface area contributed by atoms with Gasteiger partial charge in [-0.15, -0.1) is 0 Å². The van der Waals surface area contributed by atoms with Gasteiger partial charge >= 0.3 is 12.1 Å². The molecule has 0 aliphatic heterocycles. The van der Waals surface area contributed by atoms with Crippen molar-refractivity contribution >= 4 is 12.1 Å². The van der Waals surface area contributed by atoms with Crippen molar-refractivity contribution in [2.75, 3.05) is 13.2 Å². The molecule has 0 saturated carbocycles. The lowest BCUT2D eigenvalue weighted by atomic mass is 9.86. The summed E-state index contributed by atoms with van der Waals surface area (Å²) < 4.78 is 16.8. The molecule has 0 rings (SSSR count). The lowest BCUT2D eigenvalue weighted by molar-refractivity contribution is -0.146. The van der Waals surface area contributed by atoms with Gasteiger partial charge in [0.25, 0.3) is 0 Å². The molecule has 7 nitrogen and oxygen atoms in total. The fourth-order valence-corrected chi connectivity index (χ4v) is 3.59. The minimum absolute atomic E-state index is 0.0349. The highest BCUT2D eigenvalue weighted by atomic mass is 16.6. The molecule has 0 bridgehead atoms. The molecule has 7 heteroatoms. The third kappa shape index (κ3) is 16.0. The molecule has 0 aliphatic carbocycles. The first kappa shape index (κ1) is 31.7. The van der Waals surface area contributed by atoms with Gasteiger partial charge in [0.2, 0.25) is 0 Å². The van der Waals surface area contributed by atoms with Crippen LogP contribution in [0.25, 0.3) is 0 Å². The molecule has 0 unspecified atom stereocenters. The Morgan fingerprint density at radius 3 is 2.09 bits per heavy atom. The largest absolute Gasteiger partial charge is 0.464 e. The van der Waals surface area contributed by atoms with Crippen LogP contribution in [0.2, 0.25) is 0 Å². The van der Waals surface area contributed by atoms with E-state index in [1.165, 1.54) is 0 Å². The quantitative estimate of drug-likeness (QED) is 0.210. The normalized spacial score (nSPS) is 15.6. The van der Waals surface area contributed by atoms with E-state index in [0.717, 1.165) is 32.1 Å². The van der Waals surface area contributed by atoms with Crippen molar-refractivity contribution < 1.29 is 28.9 Å². The number of ether oxygens (including phenoxy) is 3. The zero-order chi connectivity index (χ0) is 25.4. The number of carbonyl (C=O) groups is 2. The Bertz CT molecular complexity index is 529. The summed E-state index contributed by atoms with van der Waals surface area (Å²) in [6.45, 7) is 16.6. The van der Waals surface area contributed by atoms with Crippen molar-refractivity contribution in [1.29, 1.82) is 0 Å². The number of aliphatic hydroxyl groups is 1. The highest BCUT2D eigenvalue weighted by molar-refractivity contribution is 5.81. The van der Waals surface area contributed by atoms with Crippen molar-refractivity contribution in [3.05, 3.63) is 0 Å². The molecule has 0 fully saturated rings. The molecule has 0 aromatic rings. The number of unbranched alkanes of at least 4 members (excludes halogenated alkanes) is 1. The first-order valence-corrected chi connectivity index (χ1v) is 12.9. The number of aliphatic hydroxyl groups excluding tert-OH is 1. The SMILES string of the molecule is CCCCOC(=O)[C@H](CCC[C@H](OCCC)[C@@H](CCC(C)C)[C@H](C)O)NC(=O)OC(C)(C)C. The Kier molecular flexibility index (Phi) is 16.5. The average Bonchev–Trinajstić information content (AvgIpc) is 2.68. The van der Waals surface area contributed by atoms with E-state index in [0.29, 0.717) is 38.4 Å². The highest BCUT2D eigenvalue weighted by Crippen LogP contribution is 2.26. The van der Waals surface area contributed by atoms with Gasteiger partial charge in [-0.25, -0.2) is 9.59 Å². The summed E-state index contributed by atoms with van der Waals surface area (Å²) in [5.41, 5.74) is -0.652. The number of rotatable bonds is 17. The first-order chi connectivity index (χ1) is 15.4. The predicted octanol–water partition coefficient (Wildman–Crippen LogP) is 5.62. The molecule has 0 spiro atoms. The van der Waals surface area contributed by atoms with Crippen molar-refractivity contribution in [3.8, 4) is 0 Å². The summed E-state index contributed by atoms with van der Waals surface area (Å²) in [5, 5.41) is 13.1. The number of hydrogen-bond donors (Lipinski definition) is 2. The number of amides is 1. The molecule has 196 valence electrons. The van der Waals surface area contributed by atoms with Gasteiger partial charge in [-0.05, 0) is 72.1 Å². The van der Waals surface area contributed by atoms with Crippen LogP contribution in [0, 0.1) is 11.8 Å². The lowest BCUT2D eigenvalue weighted by Crippen LogP contribution is -2.44. The van der Waals surface area contributed by atoms with Crippen LogP contribution in [0.3, 0.4) is 0 Å². The summed E-state index contributed by atoms with van der Waals surface area (Å²) in [6, 6.07) is -0.774. The number of alkyl carbamates (subject to hydrolysis) is 1. The minimum Gasteiger partial charge on any atom is -0.464 e. The van der Waals surface area contributed by atoms with Gasteiger partial charge in [-0.2, -0.15) is 0 Å². The topological polar surface area (TPSA) is 94.1 Å². The van der Waals surface area contributed by atoms with Gasteiger partial charge in [0.15, 0.2) is 0 Å². The number of carbonyl (C=O) groups excluding carboxylic acids is 2. The Morgan fingerprint density at radius 1 is 0.909 bits per heavy atom. The molecule has 0 heterocycles. The molecule has 1 amide bonds. The van der Waals surface area contributed by atoms with Gasteiger partial charge in [-0.1, -0.05) is 40.5 Å². The van der Waals surface area contributed by atoms with E-state index in [1.807, 2.05) is 13.8 Å². The second kappa shape index (κ2) is 17.1. The third-order valence-electron chi connectivity index (χ3n) is 5.41. The predicted molar refractivity (Wildman–Crippen MR) is 132 cm³/mol. The molecule has 0 aromatic carbocycles. The van der Waals surface area contributed by atoms with E-state index in [4.69, 9.17) is 14.2 Å². The maximum absolute atomic E-state index is 12.6. The van der Waals surface area contributed by atoms with E-state index in [-0.39, 0.29) is 12.0 Å². The summed E-state index contributed by atoms with van der Waals surface area (Å²) in [6.07, 6.45) is 5.10. The molecule has 0 radical (unpaired) electrons. The zero-order valence-corrected chi connectivity index (χ0v) is 22.4. The molecule has 4 atom stereocenters. The van der Waals surface area contributed by atoms with Gasteiger partial charge < -0.3 is 24.6 Å². The van der Waals surface area contributed by atoms with E-state index in [9.17, 15) is 14.7 Å². The second-order valence-corrected chi connectivity index (χ2v) is 10.4. The van der Waals surface area contributed by atoms with Crippen molar-refractivity contribution in [1.82, 2.24) is 5.32 Å². The van der Waals surface area contributed by atoms with E-state index in [2.05, 4.69) is 26.1 Å². The van der Waals surface area contributed by atoms with Gasteiger partial charge in [0, 0.05) is 12.5 Å². The Balaban J connectivity index is 5.17. The van der Waals surface area contributed by atoms with Crippen molar-refractivity contribution in [2.24, 2.45) is 11.8 Å². The lowest BCUT2D eigenvalue weighted by Gasteiger charge is -2.30. The smallest absolute Gasteiger partial charge is 0.408 e. The Labute approximate surface area is 202 Å². The van der Waals surface area contributed by atoms with Crippen molar-refractivity contribution in [2.45, 2.75) is 131 Å². The number of hydrogen-bond acceptors (Lipinski definition) is 6. The standard InChI is InChI=1S/C26H51NO6/c1-9-11-18-32-24(29)22(27-25(30)33-26(6,7)8)13-12-14-23(31-17-10-2)21(20(5)28)16-15-19(3)4/h19-23,28H,9-18H2,1-8H3,(H,27,30)/t20-,21-,22-,23-/m0/s1. The monoisotopic (exact) mass is 473 g/mol.